The Morgan fingerprint density at radius 3 is 2.79 bits per heavy atom. The number of aromatic nitrogens is 5. The van der Waals surface area contributed by atoms with Crippen molar-refractivity contribution in [2.75, 3.05) is 13.6 Å². The number of aryl methyl sites for hydroxylation is 1. The van der Waals surface area contributed by atoms with Crippen molar-refractivity contribution in [3.63, 3.8) is 0 Å². The Morgan fingerprint density at radius 2 is 2.10 bits per heavy atom. The second-order valence-corrected chi connectivity index (χ2v) is 7.72. The van der Waals surface area contributed by atoms with Gasteiger partial charge in [-0.3, -0.25) is 9.78 Å². The van der Waals surface area contributed by atoms with Gasteiger partial charge in [0.05, 0.1) is 5.69 Å². The van der Waals surface area contributed by atoms with Gasteiger partial charge < -0.3 is 4.90 Å². The number of rotatable bonds is 6. The van der Waals surface area contributed by atoms with Crippen LogP contribution in [-0.4, -0.2) is 49.6 Å². The van der Waals surface area contributed by atoms with Gasteiger partial charge in [0.1, 0.15) is 6.33 Å². The number of hydrogen-bond donors (Lipinski definition) is 0. The van der Waals surface area contributed by atoms with Gasteiger partial charge in [0.2, 0.25) is 0 Å². The van der Waals surface area contributed by atoms with Crippen LogP contribution >= 0.6 is 11.3 Å². The van der Waals surface area contributed by atoms with Crippen LogP contribution < -0.4 is 0 Å². The highest BCUT2D eigenvalue weighted by molar-refractivity contribution is 7.13. The maximum Gasteiger partial charge on any atom is 0.253 e. The first-order valence-corrected chi connectivity index (χ1v) is 10.1. The van der Waals surface area contributed by atoms with Gasteiger partial charge in [-0.25, -0.2) is 4.68 Å². The van der Waals surface area contributed by atoms with Crippen molar-refractivity contribution < 1.29 is 4.79 Å². The van der Waals surface area contributed by atoms with E-state index in [4.69, 9.17) is 0 Å². The average Bonchev–Trinajstić information content (AvgIpc) is 3.44. The predicted molar refractivity (Wildman–Crippen MR) is 112 cm³/mol. The summed E-state index contributed by atoms with van der Waals surface area (Å²) in [7, 11) is 1.81. The molecule has 3 heterocycles. The number of thiophene rings is 1. The highest BCUT2D eigenvalue weighted by Crippen LogP contribution is 2.30. The van der Waals surface area contributed by atoms with Gasteiger partial charge >= 0.3 is 0 Å². The SMILES string of the molecule is Cc1csc(-c2cc(C(=O)N(C)CCc3ccccn3)cc(-n3cnnn3)c2)c1. The fraction of sp³-hybridized carbons (Fsp3) is 0.190. The molecule has 0 spiro atoms. The lowest BCUT2D eigenvalue weighted by molar-refractivity contribution is 0.0796. The summed E-state index contributed by atoms with van der Waals surface area (Å²) < 4.78 is 1.56. The molecule has 0 saturated heterocycles. The molecule has 0 aliphatic carbocycles. The third-order valence-electron chi connectivity index (χ3n) is 4.57. The molecule has 4 aromatic rings. The Labute approximate surface area is 172 Å². The molecular formula is C21H20N6OS. The summed E-state index contributed by atoms with van der Waals surface area (Å²) in [5.74, 6) is -0.0506. The standard InChI is InChI=1S/C21H20N6OS/c1-15-9-20(29-13-15)16-10-17(12-19(11-16)27-14-23-24-25-27)21(28)26(2)8-6-18-5-3-4-7-22-18/h3-5,7,9-14H,6,8H2,1-2H3. The largest absolute Gasteiger partial charge is 0.341 e. The molecule has 0 bridgehead atoms. The molecule has 0 atom stereocenters. The lowest BCUT2D eigenvalue weighted by atomic mass is 10.1. The van der Waals surface area contributed by atoms with Gasteiger partial charge in [-0.2, -0.15) is 0 Å². The van der Waals surface area contributed by atoms with Crippen LogP contribution in [0.3, 0.4) is 0 Å². The summed E-state index contributed by atoms with van der Waals surface area (Å²) in [5.41, 5.74) is 4.47. The normalized spacial score (nSPS) is 10.8. The fourth-order valence-corrected chi connectivity index (χ4v) is 3.91. The number of benzene rings is 1. The number of nitrogens with zero attached hydrogens (tertiary/aromatic N) is 6. The Balaban J connectivity index is 1.62. The molecular weight excluding hydrogens is 384 g/mol. The van der Waals surface area contributed by atoms with E-state index in [-0.39, 0.29) is 5.91 Å². The van der Waals surface area contributed by atoms with Crippen molar-refractivity contribution in [1.29, 1.82) is 0 Å². The monoisotopic (exact) mass is 404 g/mol. The quantitative estimate of drug-likeness (QED) is 0.492. The zero-order valence-electron chi connectivity index (χ0n) is 16.2. The van der Waals surface area contributed by atoms with E-state index >= 15 is 0 Å². The van der Waals surface area contributed by atoms with Gasteiger partial charge in [0, 0.05) is 42.3 Å². The number of likely N-dealkylation sites (N-methyl/N-ethyl adjacent to an activating group) is 1. The van der Waals surface area contributed by atoms with Gasteiger partial charge in [-0.15, -0.1) is 16.4 Å². The molecule has 29 heavy (non-hydrogen) atoms. The second-order valence-electron chi connectivity index (χ2n) is 6.81. The third kappa shape index (κ3) is 4.38. The zero-order valence-corrected chi connectivity index (χ0v) is 17.0. The van der Waals surface area contributed by atoms with E-state index < -0.39 is 0 Å². The number of carbonyl (C=O) groups excluding carboxylic acids is 1. The number of carbonyl (C=O) groups is 1. The highest BCUT2D eigenvalue weighted by atomic mass is 32.1. The van der Waals surface area contributed by atoms with Crippen molar-refractivity contribution in [2.24, 2.45) is 0 Å². The van der Waals surface area contributed by atoms with Crippen LogP contribution in [0, 0.1) is 6.92 Å². The average molecular weight is 404 g/mol. The molecule has 0 fully saturated rings. The maximum absolute atomic E-state index is 13.1. The number of tetrazole rings is 1. The molecule has 8 heteroatoms. The van der Waals surface area contributed by atoms with Crippen molar-refractivity contribution in [3.05, 3.63) is 77.2 Å². The Hall–Kier alpha value is -3.39. The van der Waals surface area contributed by atoms with Crippen LogP contribution in [0.1, 0.15) is 21.6 Å². The summed E-state index contributed by atoms with van der Waals surface area (Å²) in [5, 5.41) is 13.5. The number of hydrogen-bond acceptors (Lipinski definition) is 6. The van der Waals surface area contributed by atoms with Crippen molar-refractivity contribution in [1.82, 2.24) is 30.1 Å². The highest BCUT2D eigenvalue weighted by Gasteiger charge is 2.16. The van der Waals surface area contributed by atoms with Crippen LogP contribution in [0.15, 0.2) is 60.4 Å². The van der Waals surface area contributed by atoms with E-state index in [0.29, 0.717) is 18.5 Å². The van der Waals surface area contributed by atoms with E-state index in [1.165, 1.54) is 11.9 Å². The molecule has 0 unspecified atom stereocenters. The van der Waals surface area contributed by atoms with Gasteiger partial charge in [-0.1, -0.05) is 6.07 Å². The fourth-order valence-electron chi connectivity index (χ4n) is 3.02. The minimum absolute atomic E-state index is 0.0506. The van der Waals surface area contributed by atoms with Crippen LogP contribution in [0.5, 0.6) is 0 Å². The Morgan fingerprint density at radius 1 is 1.21 bits per heavy atom. The van der Waals surface area contributed by atoms with E-state index in [1.54, 1.807) is 27.1 Å². The lowest BCUT2D eigenvalue weighted by Gasteiger charge is -2.18. The van der Waals surface area contributed by atoms with Crippen molar-refractivity contribution in [3.8, 4) is 16.1 Å². The van der Waals surface area contributed by atoms with Crippen LogP contribution in [0.2, 0.25) is 0 Å². The first-order chi connectivity index (χ1) is 14.1. The summed E-state index contributed by atoms with van der Waals surface area (Å²) in [6.07, 6.45) is 3.99. The third-order valence-corrected chi connectivity index (χ3v) is 5.67. The predicted octanol–water partition coefficient (Wildman–Crippen LogP) is 3.41. The number of pyridine rings is 1. The van der Waals surface area contributed by atoms with Gasteiger partial charge in [-0.05, 0) is 70.3 Å². The summed E-state index contributed by atoms with van der Waals surface area (Å²) >= 11 is 1.65. The first kappa shape index (κ1) is 18.9. The van der Waals surface area contributed by atoms with Gasteiger partial charge in [0.25, 0.3) is 5.91 Å². The minimum atomic E-state index is -0.0506. The second kappa shape index (κ2) is 8.32. The van der Waals surface area contributed by atoms with Crippen LogP contribution in [0.25, 0.3) is 16.1 Å². The van der Waals surface area contributed by atoms with E-state index in [1.807, 2.05) is 43.4 Å². The molecule has 0 saturated carbocycles. The molecule has 7 nitrogen and oxygen atoms in total. The summed E-state index contributed by atoms with van der Waals surface area (Å²) in [6.45, 7) is 2.64. The maximum atomic E-state index is 13.1. The van der Waals surface area contributed by atoms with Crippen molar-refractivity contribution in [2.45, 2.75) is 13.3 Å². The molecule has 0 N–H and O–H groups in total. The van der Waals surface area contributed by atoms with Gasteiger partial charge in [0.15, 0.2) is 0 Å². The molecule has 0 aliphatic heterocycles. The lowest BCUT2D eigenvalue weighted by Crippen LogP contribution is -2.29. The molecule has 1 aromatic carbocycles. The molecule has 1 amide bonds. The summed E-state index contributed by atoms with van der Waals surface area (Å²) in [6, 6.07) is 13.7. The molecule has 0 radical (unpaired) electrons. The Bertz CT molecular complexity index is 1110. The van der Waals surface area contributed by atoms with Crippen LogP contribution in [-0.2, 0) is 6.42 Å². The summed E-state index contributed by atoms with van der Waals surface area (Å²) in [4.78, 5) is 20.3. The first-order valence-electron chi connectivity index (χ1n) is 9.19. The smallest absolute Gasteiger partial charge is 0.253 e. The minimum Gasteiger partial charge on any atom is -0.341 e. The molecule has 4 rings (SSSR count). The zero-order chi connectivity index (χ0) is 20.2. The molecule has 3 aromatic heterocycles. The molecule has 0 aliphatic rings. The van der Waals surface area contributed by atoms with E-state index in [0.717, 1.165) is 21.8 Å². The molecule has 146 valence electrons. The van der Waals surface area contributed by atoms with E-state index in [2.05, 4.69) is 38.9 Å². The topological polar surface area (TPSA) is 76.8 Å². The Kier molecular flexibility index (Phi) is 5.44. The number of amides is 1. The van der Waals surface area contributed by atoms with E-state index in [9.17, 15) is 4.79 Å². The van der Waals surface area contributed by atoms with Crippen molar-refractivity contribution >= 4 is 17.2 Å². The van der Waals surface area contributed by atoms with Crippen LogP contribution in [0.4, 0.5) is 0 Å².